The Hall–Kier alpha value is -1.53. The van der Waals surface area contributed by atoms with Crippen LogP contribution in [0.2, 0.25) is 5.02 Å². The average Bonchev–Trinajstić information content (AvgIpc) is 2.21. The number of anilines is 1. The van der Waals surface area contributed by atoms with Crippen molar-refractivity contribution in [3.8, 4) is 6.07 Å². The third kappa shape index (κ3) is 3.26. The SMILES string of the molecule is CCCC(=O)Nc1ccc(C#N)cc1Cl. The molecule has 0 unspecified atom stereocenters. The topological polar surface area (TPSA) is 52.9 Å². The van der Waals surface area contributed by atoms with Gasteiger partial charge in [0.1, 0.15) is 0 Å². The number of halogens is 1. The number of hydrogen-bond donors (Lipinski definition) is 1. The van der Waals surface area contributed by atoms with E-state index in [9.17, 15) is 4.79 Å². The van der Waals surface area contributed by atoms with Crippen molar-refractivity contribution in [1.29, 1.82) is 5.26 Å². The highest BCUT2D eigenvalue weighted by atomic mass is 35.5. The van der Waals surface area contributed by atoms with Gasteiger partial charge < -0.3 is 5.32 Å². The summed E-state index contributed by atoms with van der Waals surface area (Å²) in [6.45, 7) is 1.93. The number of amides is 1. The van der Waals surface area contributed by atoms with E-state index in [1.54, 1.807) is 12.1 Å². The van der Waals surface area contributed by atoms with Crippen LogP contribution >= 0.6 is 11.6 Å². The molecule has 78 valence electrons. The van der Waals surface area contributed by atoms with Crippen LogP contribution in [-0.4, -0.2) is 5.91 Å². The largest absolute Gasteiger partial charge is 0.325 e. The first kappa shape index (κ1) is 11.5. The summed E-state index contributed by atoms with van der Waals surface area (Å²) in [5.41, 5.74) is 1.03. The first-order valence-electron chi connectivity index (χ1n) is 4.67. The van der Waals surface area contributed by atoms with Gasteiger partial charge in [0.25, 0.3) is 0 Å². The van der Waals surface area contributed by atoms with Crippen molar-refractivity contribution in [2.75, 3.05) is 5.32 Å². The predicted octanol–water partition coefficient (Wildman–Crippen LogP) is 2.95. The summed E-state index contributed by atoms with van der Waals surface area (Å²) in [5, 5.41) is 11.7. The first-order chi connectivity index (χ1) is 7.17. The minimum Gasteiger partial charge on any atom is -0.325 e. The molecule has 0 aliphatic rings. The molecule has 1 aromatic rings. The van der Waals surface area contributed by atoms with E-state index >= 15 is 0 Å². The molecule has 0 aromatic heterocycles. The molecule has 0 saturated heterocycles. The summed E-state index contributed by atoms with van der Waals surface area (Å²) in [6.07, 6.45) is 1.26. The van der Waals surface area contributed by atoms with Gasteiger partial charge in [-0.15, -0.1) is 0 Å². The Kier molecular flexibility index (Phi) is 4.14. The van der Waals surface area contributed by atoms with Gasteiger partial charge in [-0.1, -0.05) is 18.5 Å². The molecule has 1 N–H and O–H groups in total. The second-order valence-corrected chi connectivity index (χ2v) is 3.51. The highest BCUT2D eigenvalue weighted by Gasteiger charge is 2.05. The highest BCUT2D eigenvalue weighted by molar-refractivity contribution is 6.33. The van der Waals surface area contributed by atoms with Gasteiger partial charge in [0.05, 0.1) is 22.3 Å². The molecular formula is C11H11ClN2O. The van der Waals surface area contributed by atoms with Gasteiger partial charge in [-0.05, 0) is 24.6 Å². The Bertz CT molecular complexity index is 410. The van der Waals surface area contributed by atoms with Crippen molar-refractivity contribution in [2.45, 2.75) is 19.8 Å². The van der Waals surface area contributed by atoms with E-state index in [1.165, 1.54) is 6.07 Å². The van der Waals surface area contributed by atoms with Crippen LogP contribution in [0.25, 0.3) is 0 Å². The molecule has 0 saturated carbocycles. The lowest BCUT2D eigenvalue weighted by atomic mass is 10.2. The zero-order chi connectivity index (χ0) is 11.3. The number of nitriles is 1. The van der Waals surface area contributed by atoms with Crippen LogP contribution in [0.15, 0.2) is 18.2 Å². The monoisotopic (exact) mass is 222 g/mol. The molecule has 3 nitrogen and oxygen atoms in total. The molecule has 4 heteroatoms. The van der Waals surface area contributed by atoms with Crippen LogP contribution in [-0.2, 0) is 4.79 Å². The van der Waals surface area contributed by atoms with Crippen LogP contribution < -0.4 is 5.32 Å². The summed E-state index contributed by atoms with van der Waals surface area (Å²) in [4.78, 5) is 11.3. The van der Waals surface area contributed by atoms with Gasteiger partial charge in [-0.2, -0.15) is 5.26 Å². The van der Waals surface area contributed by atoms with Gasteiger partial charge >= 0.3 is 0 Å². The van der Waals surface area contributed by atoms with Gasteiger partial charge in [0.2, 0.25) is 5.91 Å². The number of nitrogens with zero attached hydrogens (tertiary/aromatic N) is 1. The number of nitrogens with one attached hydrogen (secondary N) is 1. The van der Waals surface area contributed by atoms with Gasteiger partial charge in [0, 0.05) is 6.42 Å². The third-order valence-electron chi connectivity index (χ3n) is 1.85. The minimum atomic E-state index is -0.0656. The Morgan fingerprint density at radius 3 is 2.87 bits per heavy atom. The maximum atomic E-state index is 11.3. The van der Waals surface area contributed by atoms with Crippen molar-refractivity contribution in [3.05, 3.63) is 28.8 Å². The second-order valence-electron chi connectivity index (χ2n) is 3.10. The summed E-state index contributed by atoms with van der Waals surface area (Å²) >= 11 is 5.89. The number of carbonyl (C=O) groups excluding carboxylic acids is 1. The maximum absolute atomic E-state index is 11.3. The Morgan fingerprint density at radius 2 is 2.33 bits per heavy atom. The lowest BCUT2D eigenvalue weighted by molar-refractivity contribution is -0.116. The highest BCUT2D eigenvalue weighted by Crippen LogP contribution is 2.22. The van der Waals surface area contributed by atoms with Crippen molar-refractivity contribution in [2.24, 2.45) is 0 Å². The van der Waals surface area contributed by atoms with Crippen LogP contribution in [0.3, 0.4) is 0 Å². The number of benzene rings is 1. The Morgan fingerprint density at radius 1 is 1.60 bits per heavy atom. The minimum absolute atomic E-state index is 0.0656. The molecule has 0 heterocycles. The fraction of sp³-hybridized carbons (Fsp3) is 0.273. The zero-order valence-corrected chi connectivity index (χ0v) is 9.14. The number of hydrogen-bond acceptors (Lipinski definition) is 2. The molecule has 0 radical (unpaired) electrons. The van der Waals surface area contributed by atoms with E-state index < -0.39 is 0 Å². The maximum Gasteiger partial charge on any atom is 0.224 e. The Balaban J connectivity index is 2.79. The molecule has 1 amide bonds. The van der Waals surface area contributed by atoms with E-state index in [1.807, 2.05) is 13.0 Å². The third-order valence-corrected chi connectivity index (χ3v) is 2.16. The molecule has 0 fully saturated rings. The molecule has 0 atom stereocenters. The standard InChI is InChI=1S/C11H11ClN2O/c1-2-3-11(15)14-10-5-4-8(7-13)6-9(10)12/h4-6H,2-3H2,1H3,(H,14,15). The zero-order valence-electron chi connectivity index (χ0n) is 8.38. The summed E-state index contributed by atoms with van der Waals surface area (Å²) < 4.78 is 0. The van der Waals surface area contributed by atoms with Crippen molar-refractivity contribution >= 4 is 23.2 Å². The molecule has 0 aliphatic carbocycles. The summed E-state index contributed by atoms with van der Waals surface area (Å²) in [7, 11) is 0. The average molecular weight is 223 g/mol. The molecule has 1 rings (SSSR count). The molecule has 0 bridgehead atoms. The van der Waals surface area contributed by atoms with E-state index in [-0.39, 0.29) is 5.91 Å². The van der Waals surface area contributed by atoms with Crippen LogP contribution in [0, 0.1) is 11.3 Å². The van der Waals surface area contributed by atoms with E-state index in [4.69, 9.17) is 16.9 Å². The summed E-state index contributed by atoms with van der Waals surface area (Å²) in [5.74, 6) is -0.0656. The first-order valence-corrected chi connectivity index (χ1v) is 5.04. The summed E-state index contributed by atoms with van der Waals surface area (Å²) in [6, 6.07) is 6.76. The second kappa shape index (κ2) is 5.38. The fourth-order valence-electron chi connectivity index (χ4n) is 1.13. The quantitative estimate of drug-likeness (QED) is 0.855. The van der Waals surface area contributed by atoms with Crippen molar-refractivity contribution in [3.63, 3.8) is 0 Å². The van der Waals surface area contributed by atoms with Gasteiger partial charge in [0.15, 0.2) is 0 Å². The smallest absolute Gasteiger partial charge is 0.224 e. The van der Waals surface area contributed by atoms with E-state index in [0.29, 0.717) is 22.7 Å². The lowest BCUT2D eigenvalue weighted by Crippen LogP contribution is -2.10. The fourth-order valence-corrected chi connectivity index (χ4v) is 1.35. The van der Waals surface area contributed by atoms with E-state index in [0.717, 1.165) is 6.42 Å². The van der Waals surface area contributed by atoms with Gasteiger partial charge in [-0.3, -0.25) is 4.79 Å². The molecule has 0 aliphatic heterocycles. The molecule has 0 spiro atoms. The van der Waals surface area contributed by atoms with Crippen LogP contribution in [0.5, 0.6) is 0 Å². The lowest BCUT2D eigenvalue weighted by Gasteiger charge is -2.06. The predicted molar refractivity (Wildman–Crippen MR) is 59.7 cm³/mol. The van der Waals surface area contributed by atoms with Crippen molar-refractivity contribution < 1.29 is 4.79 Å². The number of rotatable bonds is 3. The van der Waals surface area contributed by atoms with Crippen molar-refractivity contribution in [1.82, 2.24) is 0 Å². The normalized spacial score (nSPS) is 9.40. The Labute approximate surface area is 93.7 Å². The number of carbonyl (C=O) groups is 1. The van der Waals surface area contributed by atoms with Gasteiger partial charge in [-0.25, -0.2) is 0 Å². The molecule has 15 heavy (non-hydrogen) atoms. The van der Waals surface area contributed by atoms with Crippen LogP contribution in [0.4, 0.5) is 5.69 Å². The van der Waals surface area contributed by atoms with E-state index in [2.05, 4.69) is 5.32 Å². The molecule has 1 aromatic carbocycles. The van der Waals surface area contributed by atoms with Crippen LogP contribution in [0.1, 0.15) is 25.3 Å². The molecular weight excluding hydrogens is 212 g/mol.